The first-order valence-corrected chi connectivity index (χ1v) is 10.8. The molecule has 0 unspecified atom stereocenters. The van der Waals surface area contributed by atoms with Crippen LogP contribution in [0, 0.1) is 5.92 Å². The maximum absolute atomic E-state index is 13.1. The molecule has 0 saturated carbocycles. The Morgan fingerprint density at radius 2 is 1.79 bits per heavy atom. The normalized spacial score (nSPS) is 18.9. The van der Waals surface area contributed by atoms with Crippen molar-refractivity contribution in [2.24, 2.45) is 5.92 Å². The van der Waals surface area contributed by atoms with Crippen molar-refractivity contribution in [2.45, 2.75) is 12.6 Å². The summed E-state index contributed by atoms with van der Waals surface area (Å²) in [6, 6.07) is 7.50. The molecule has 0 spiro atoms. The molecule has 0 radical (unpaired) electrons. The Morgan fingerprint density at radius 3 is 2.38 bits per heavy atom. The van der Waals surface area contributed by atoms with Gasteiger partial charge in [0.25, 0.3) is 0 Å². The summed E-state index contributed by atoms with van der Waals surface area (Å²) in [5, 5.41) is 0. The van der Waals surface area contributed by atoms with Crippen LogP contribution < -0.4 is 19.3 Å². The second-order valence-corrected chi connectivity index (χ2v) is 8.16. The number of anilines is 2. The average Bonchev–Trinajstić information content (AvgIpc) is 3.24. The van der Waals surface area contributed by atoms with E-state index in [1.165, 1.54) is 20.3 Å². The number of aromatic nitrogens is 1. The van der Waals surface area contributed by atoms with Crippen LogP contribution in [0.15, 0.2) is 36.5 Å². The number of halogens is 3. The maximum atomic E-state index is 13.1. The lowest BCUT2D eigenvalue weighted by molar-refractivity contribution is -0.138. The summed E-state index contributed by atoms with van der Waals surface area (Å²) in [4.78, 5) is 34.8. The Labute approximate surface area is 194 Å². The fraction of sp³-hybridized carbons (Fsp3) is 0.435. The molecule has 1 atom stereocenters. The first kappa shape index (κ1) is 23.7. The van der Waals surface area contributed by atoms with E-state index in [1.807, 2.05) is 4.90 Å². The number of rotatable bonds is 5. The highest BCUT2D eigenvalue weighted by Crippen LogP contribution is 2.36. The number of hydrogen-bond acceptors (Lipinski definition) is 6. The quantitative estimate of drug-likeness (QED) is 0.658. The summed E-state index contributed by atoms with van der Waals surface area (Å²) in [5.74, 6) is 0.778. The number of carbonyl (C=O) groups is 2. The monoisotopic (exact) mass is 478 g/mol. The molecule has 8 nitrogen and oxygen atoms in total. The van der Waals surface area contributed by atoms with E-state index in [0.29, 0.717) is 49.2 Å². The SMILES string of the molecule is COc1ccc(N2C[C@H](C(=O)N3CCN(c4ccc(C(F)(F)F)cn4)CC3)CC2=O)c(OC)c1. The van der Waals surface area contributed by atoms with Crippen molar-refractivity contribution in [2.75, 3.05) is 56.7 Å². The van der Waals surface area contributed by atoms with E-state index in [4.69, 9.17) is 9.47 Å². The molecule has 1 aromatic carbocycles. The fourth-order valence-electron chi connectivity index (χ4n) is 4.27. The molecule has 2 fully saturated rings. The first-order chi connectivity index (χ1) is 16.2. The lowest BCUT2D eigenvalue weighted by Crippen LogP contribution is -2.51. The van der Waals surface area contributed by atoms with Gasteiger partial charge in [-0.2, -0.15) is 13.2 Å². The molecule has 3 heterocycles. The first-order valence-electron chi connectivity index (χ1n) is 10.8. The standard InChI is InChI=1S/C23H25F3N4O4/c1-33-17-4-5-18(19(12-17)34-2)30-14-15(11-21(30)31)22(32)29-9-7-28(8-10-29)20-6-3-16(13-27-20)23(24,25)26/h3-6,12-13,15H,7-11,14H2,1-2H3/t15-/m1/s1. The lowest BCUT2D eigenvalue weighted by atomic mass is 10.1. The highest BCUT2D eigenvalue weighted by molar-refractivity contribution is 6.01. The molecule has 2 aliphatic rings. The average molecular weight is 478 g/mol. The van der Waals surface area contributed by atoms with Gasteiger partial charge in [-0.25, -0.2) is 4.98 Å². The van der Waals surface area contributed by atoms with Gasteiger partial charge >= 0.3 is 6.18 Å². The summed E-state index contributed by atoms with van der Waals surface area (Å²) in [5.41, 5.74) is -0.212. The van der Waals surface area contributed by atoms with Crippen LogP contribution in [-0.2, 0) is 15.8 Å². The molecule has 2 aromatic rings. The van der Waals surface area contributed by atoms with Crippen molar-refractivity contribution in [3.05, 3.63) is 42.1 Å². The number of hydrogen-bond donors (Lipinski definition) is 0. The Kier molecular flexibility index (Phi) is 6.54. The van der Waals surface area contributed by atoms with E-state index in [1.54, 1.807) is 28.0 Å². The summed E-state index contributed by atoms with van der Waals surface area (Å²) in [6.07, 6.45) is -3.51. The van der Waals surface area contributed by atoms with Crippen molar-refractivity contribution in [1.29, 1.82) is 0 Å². The number of pyridine rings is 1. The molecule has 0 aliphatic carbocycles. The van der Waals surface area contributed by atoms with Crippen LogP contribution in [0.4, 0.5) is 24.7 Å². The fourth-order valence-corrected chi connectivity index (χ4v) is 4.27. The molecule has 0 bridgehead atoms. The molecule has 2 aliphatic heterocycles. The Morgan fingerprint density at radius 1 is 1.06 bits per heavy atom. The minimum absolute atomic E-state index is 0.106. The van der Waals surface area contributed by atoms with Gasteiger partial charge in [0.2, 0.25) is 11.8 Å². The van der Waals surface area contributed by atoms with Crippen molar-refractivity contribution in [3.63, 3.8) is 0 Å². The van der Waals surface area contributed by atoms with Gasteiger partial charge in [0.1, 0.15) is 17.3 Å². The summed E-state index contributed by atoms with van der Waals surface area (Å²) in [7, 11) is 3.05. The van der Waals surface area contributed by atoms with E-state index in [9.17, 15) is 22.8 Å². The Hall–Kier alpha value is -3.50. The van der Waals surface area contributed by atoms with Gasteiger partial charge in [-0.3, -0.25) is 9.59 Å². The van der Waals surface area contributed by atoms with Crippen molar-refractivity contribution in [1.82, 2.24) is 9.88 Å². The molecule has 11 heteroatoms. The van der Waals surface area contributed by atoms with Crippen LogP contribution in [-0.4, -0.2) is 68.6 Å². The minimum Gasteiger partial charge on any atom is -0.497 e. The lowest BCUT2D eigenvalue weighted by Gasteiger charge is -2.36. The molecule has 34 heavy (non-hydrogen) atoms. The minimum atomic E-state index is -4.43. The van der Waals surface area contributed by atoms with Crippen LogP contribution >= 0.6 is 0 Å². The van der Waals surface area contributed by atoms with Crippen LogP contribution in [0.25, 0.3) is 0 Å². The van der Waals surface area contributed by atoms with Gasteiger partial charge < -0.3 is 24.2 Å². The van der Waals surface area contributed by atoms with Gasteiger partial charge in [-0.05, 0) is 24.3 Å². The Balaban J connectivity index is 1.37. The summed E-state index contributed by atoms with van der Waals surface area (Å²) in [6.45, 7) is 1.94. The van der Waals surface area contributed by atoms with Crippen molar-refractivity contribution in [3.8, 4) is 11.5 Å². The van der Waals surface area contributed by atoms with Gasteiger partial charge in [-0.1, -0.05) is 0 Å². The van der Waals surface area contributed by atoms with Crippen LogP contribution in [0.1, 0.15) is 12.0 Å². The van der Waals surface area contributed by atoms with Gasteiger partial charge in [0.15, 0.2) is 0 Å². The maximum Gasteiger partial charge on any atom is 0.417 e. The van der Waals surface area contributed by atoms with Crippen molar-refractivity contribution < 1.29 is 32.2 Å². The number of nitrogens with zero attached hydrogens (tertiary/aromatic N) is 4. The third-order valence-corrected chi connectivity index (χ3v) is 6.14. The van der Waals surface area contributed by atoms with Gasteiger partial charge in [-0.15, -0.1) is 0 Å². The van der Waals surface area contributed by atoms with E-state index < -0.39 is 17.7 Å². The zero-order chi connectivity index (χ0) is 24.5. The largest absolute Gasteiger partial charge is 0.497 e. The zero-order valence-corrected chi connectivity index (χ0v) is 18.8. The van der Waals surface area contributed by atoms with E-state index in [2.05, 4.69) is 4.98 Å². The van der Waals surface area contributed by atoms with Crippen LogP contribution in [0.5, 0.6) is 11.5 Å². The van der Waals surface area contributed by atoms with Gasteiger partial charge in [0, 0.05) is 51.4 Å². The smallest absolute Gasteiger partial charge is 0.417 e. The van der Waals surface area contributed by atoms with E-state index >= 15 is 0 Å². The molecule has 182 valence electrons. The molecule has 0 N–H and O–H groups in total. The summed E-state index contributed by atoms with van der Waals surface area (Å²) < 4.78 is 48.9. The number of amides is 2. The summed E-state index contributed by atoms with van der Waals surface area (Å²) >= 11 is 0. The third-order valence-electron chi connectivity index (χ3n) is 6.14. The molecule has 1 aromatic heterocycles. The van der Waals surface area contributed by atoms with Gasteiger partial charge in [0.05, 0.1) is 31.4 Å². The molecular formula is C23H25F3N4O4. The number of piperazine rings is 1. The van der Waals surface area contributed by atoms with Crippen molar-refractivity contribution >= 4 is 23.3 Å². The van der Waals surface area contributed by atoms with Crippen LogP contribution in [0.2, 0.25) is 0 Å². The van der Waals surface area contributed by atoms with Crippen LogP contribution in [0.3, 0.4) is 0 Å². The number of benzene rings is 1. The topological polar surface area (TPSA) is 75.2 Å². The van der Waals surface area contributed by atoms with E-state index in [0.717, 1.165) is 12.3 Å². The Bertz CT molecular complexity index is 1050. The number of methoxy groups -OCH3 is 2. The predicted octanol–water partition coefficient (Wildman–Crippen LogP) is 2.82. The number of alkyl halides is 3. The number of ether oxygens (including phenoxy) is 2. The second kappa shape index (κ2) is 9.40. The highest BCUT2D eigenvalue weighted by atomic mass is 19.4. The molecular weight excluding hydrogens is 453 g/mol. The van der Waals surface area contributed by atoms with E-state index in [-0.39, 0.29) is 24.8 Å². The molecule has 2 saturated heterocycles. The third kappa shape index (κ3) is 4.73. The highest BCUT2D eigenvalue weighted by Gasteiger charge is 2.39. The molecule has 2 amide bonds. The number of carbonyl (C=O) groups excluding carboxylic acids is 2. The predicted molar refractivity (Wildman–Crippen MR) is 118 cm³/mol. The zero-order valence-electron chi connectivity index (χ0n) is 18.8. The second-order valence-electron chi connectivity index (χ2n) is 8.16. The molecule has 4 rings (SSSR count).